The third-order valence-corrected chi connectivity index (χ3v) is 6.34. The van der Waals surface area contributed by atoms with Crippen molar-refractivity contribution in [3.63, 3.8) is 0 Å². The van der Waals surface area contributed by atoms with Gasteiger partial charge in [-0.2, -0.15) is 0 Å². The highest BCUT2D eigenvalue weighted by atomic mass is 35.5. The molecule has 1 unspecified atom stereocenters. The van der Waals surface area contributed by atoms with Gasteiger partial charge in [0.15, 0.2) is 5.78 Å². The number of anilines is 2. The first-order valence-corrected chi connectivity index (χ1v) is 12.0. The summed E-state index contributed by atoms with van der Waals surface area (Å²) >= 11 is 6.32. The number of nitrogens with zero attached hydrogens (tertiary/aromatic N) is 1. The van der Waals surface area contributed by atoms with Gasteiger partial charge in [0, 0.05) is 25.1 Å². The molecule has 8 nitrogen and oxygen atoms in total. The molecule has 192 valence electrons. The maximum absolute atomic E-state index is 15.8. The zero-order valence-electron chi connectivity index (χ0n) is 19.7. The van der Waals surface area contributed by atoms with Crippen LogP contribution in [-0.4, -0.2) is 46.9 Å². The number of urea groups is 1. The van der Waals surface area contributed by atoms with Gasteiger partial charge in [0.25, 0.3) is 0 Å². The molecule has 0 saturated carbocycles. The summed E-state index contributed by atoms with van der Waals surface area (Å²) in [6.45, 7) is 0.185. The molecule has 3 aromatic carbocycles. The van der Waals surface area contributed by atoms with E-state index in [1.54, 1.807) is 36.4 Å². The lowest BCUT2D eigenvalue weighted by Crippen LogP contribution is -2.49. The predicted octanol–water partition coefficient (Wildman–Crippen LogP) is 5.59. The average Bonchev–Trinajstić information content (AvgIpc) is 3.27. The van der Waals surface area contributed by atoms with Gasteiger partial charge in [0.2, 0.25) is 5.79 Å². The highest BCUT2D eigenvalue weighted by Crippen LogP contribution is 2.34. The van der Waals surface area contributed by atoms with Gasteiger partial charge in [-0.25, -0.2) is 18.9 Å². The van der Waals surface area contributed by atoms with Crippen molar-refractivity contribution in [3.05, 3.63) is 88.9 Å². The summed E-state index contributed by atoms with van der Waals surface area (Å²) in [6, 6.07) is 18.9. The van der Waals surface area contributed by atoms with Gasteiger partial charge < -0.3 is 20.5 Å². The van der Waals surface area contributed by atoms with E-state index in [1.807, 2.05) is 6.07 Å². The highest BCUT2D eigenvalue weighted by Gasteiger charge is 2.47. The second kappa shape index (κ2) is 11.4. The second-order valence-electron chi connectivity index (χ2n) is 8.59. The molecule has 0 aromatic heterocycles. The van der Waals surface area contributed by atoms with Crippen LogP contribution in [-0.2, 0) is 11.2 Å². The molecule has 0 spiro atoms. The van der Waals surface area contributed by atoms with E-state index in [1.165, 1.54) is 35.2 Å². The molecular weight excluding hydrogens is 501 g/mol. The Morgan fingerprint density at radius 2 is 1.76 bits per heavy atom. The van der Waals surface area contributed by atoms with Gasteiger partial charge in [0.1, 0.15) is 12.5 Å². The van der Waals surface area contributed by atoms with E-state index in [0.717, 1.165) is 0 Å². The number of benzene rings is 3. The van der Waals surface area contributed by atoms with Crippen molar-refractivity contribution in [1.29, 1.82) is 0 Å². The first kappa shape index (κ1) is 26.1. The number of Topliss-reactive ketones (excluding diaryl/α,β-unsaturated/α-hetero) is 1. The monoisotopic (exact) mass is 525 g/mol. The minimum atomic E-state index is -2.19. The fraction of sp³-hybridized carbons (Fsp3) is 0.222. The summed E-state index contributed by atoms with van der Waals surface area (Å²) in [4.78, 5) is 37.5. The summed E-state index contributed by atoms with van der Waals surface area (Å²) in [5, 5.41) is 14.5. The molecule has 10 heteroatoms. The number of carbonyl (C=O) groups excluding carboxylic acids is 2. The number of carboxylic acid groups (broad SMARTS) is 1. The van der Waals surface area contributed by atoms with Crippen molar-refractivity contribution in [2.75, 3.05) is 23.9 Å². The lowest BCUT2D eigenvalue weighted by Gasteiger charge is -2.29. The van der Waals surface area contributed by atoms with Crippen molar-refractivity contribution in [2.24, 2.45) is 0 Å². The Morgan fingerprint density at radius 1 is 1.03 bits per heavy atom. The van der Waals surface area contributed by atoms with E-state index in [2.05, 4.69) is 10.6 Å². The number of rotatable bonds is 9. The molecule has 3 N–H and O–H groups in total. The lowest BCUT2D eigenvalue weighted by molar-refractivity contribution is -0.144. The van der Waals surface area contributed by atoms with Gasteiger partial charge in [0.05, 0.1) is 16.3 Å². The van der Waals surface area contributed by atoms with Crippen LogP contribution in [0.1, 0.15) is 28.8 Å². The van der Waals surface area contributed by atoms with E-state index in [4.69, 9.17) is 21.4 Å². The first-order chi connectivity index (χ1) is 17.7. The third-order valence-electron chi connectivity index (χ3n) is 6.03. The zero-order chi connectivity index (χ0) is 26.4. The number of carboxylic acids is 1. The van der Waals surface area contributed by atoms with E-state index >= 15 is 4.39 Å². The van der Waals surface area contributed by atoms with Crippen LogP contribution < -0.4 is 15.4 Å². The largest absolute Gasteiger partial charge is 0.478 e. The number of ether oxygens (including phenoxy) is 1. The van der Waals surface area contributed by atoms with Crippen molar-refractivity contribution in [2.45, 2.75) is 25.1 Å². The molecule has 0 radical (unpaired) electrons. The van der Waals surface area contributed by atoms with Crippen LogP contribution in [0.3, 0.4) is 0 Å². The Balaban J connectivity index is 1.35. The van der Waals surface area contributed by atoms with Gasteiger partial charge >= 0.3 is 12.0 Å². The fourth-order valence-corrected chi connectivity index (χ4v) is 4.32. The summed E-state index contributed by atoms with van der Waals surface area (Å²) in [5.74, 6) is -3.50. The van der Waals surface area contributed by atoms with Crippen LogP contribution >= 0.6 is 11.6 Å². The number of carbonyl (C=O) groups is 3. The number of amides is 2. The van der Waals surface area contributed by atoms with Crippen LogP contribution in [0.15, 0.2) is 72.8 Å². The quantitative estimate of drug-likeness (QED) is 0.314. The molecule has 0 bridgehead atoms. The molecule has 1 atom stereocenters. The smallest absolute Gasteiger partial charge is 0.335 e. The Bertz CT molecular complexity index is 1290. The summed E-state index contributed by atoms with van der Waals surface area (Å²) in [6.07, 6.45) is 0.348. The van der Waals surface area contributed by atoms with Crippen molar-refractivity contribution in [3.8, 4) is 5.75 Å². The van der Waals surface area contributed by atoms with E-state index in [0.29, 0.717) is 35.7 Å². The minimum Gasteiger partial charge on any atom is -0.478 e. The third kappa shape index (κ3) is 6.44. The summed E-state index contributed by atoms with van der Waals surface area (Å²) in [7, 11) is 0. The van der Waals surface area contributed by atoms with Gasteiger partial charge in [-0.05, 0) is 60.5 Å². The number of likely N-dealkylation sites (tertiary alicyclic amines) is 1. The Labute approximate surface area is 218 Å². The van der Waals surface area contributed by atoms with Crippen LogP contribution in [0.5, 0.6) is 5.75 Å². The van der Waals surface area contributed by atoms with E-state index in [9.17, 15) is 14.4 Å². The maximum atomic E-state index is 15.8. The number of para-hydroxylation sites is 1. The molecular formula is C27H25ClFN3O5. The van der Waals surface area contributed by atoms with Gasteiger partial charge in [-0.15, -0.1) is 0 Å². The number of aromatic carboxylic acids is 1. The van der Waals surface area contributed by atoms with Gasteiger partial charge in [-0.3, -0.25) is 4.79 Å². The van der Waals surface area contributed by atoms with Crippen LogP contribution in [0.25, 0.3) is 0 Å². The maximum Gasteiger partial charge on any atom is 0.335 e. The molecule has 1 aliphatic heterocycles. The van der Waals surface area contributed by atoms with Crippen LogP contribution in [0.2, 0.25) is 5.02 Å². The molecule has 37 heavy (non-hydrogen) atoms. The predicted molar refractivity (Wildman–Crippen MR) is 138 cm³/mol. The molecule has 0 aliphatic carbocycles. The fourth-order valence-electron chi connectivity index (χ4n) is 4.07. The normalized spacial score (nSPS) is 17.2. The van der Waals surface area contributed by atoms with E-state index < -0.39 is 23.6 Å². The molecule has 3 aromatic rings. The standard InChI is InChI=1S/C27H25ClFN3O5/c28-22-15-18(7-12-23(22)31-26(36)30-20-5-2-1-3-6-20)16-24(33)27(29)13-4-14-32(27)17-37-21-10-8-19(9-11-21)25(34)35/h1-3,5-12,15H,4,13-14,16-17H2,(H,34,35)(H2,30,31,36). The summed E-state index contributed by atoms with van der Waals surface area (Å²) < 4.78 is 21.4. The number of hydrogen-bond acceptors (Lipinski definition) is 5. The number of hydrogen-bond donors (Lipinski definition) is 3. The molecule has 1 heterocycles. The number of alkyl halides is 1. The Kier molecular flexibility index (Phi) is 8.05. The topological polar surface area (TPSA) is 108 Å². The van der Waals surface area contributed by atoms with Crippen molar-refractivity contribution in [1.82, 2.24) is 4.90 Å². The number of nitrogens with one attached hydrogen (secondary N) is 2. The highest BCUT2D eigenvalue weighted by molar-refractivity contribution is 6.33. The molecule has 2 amide bonds. The van der Waals surface area contributed by atoms with Crippen molar-refractivity contribution < 1.29 is 28.6 Å². The molecule has 1 aliphatic rings. The number of halogens is 2. The van der Waals surface area contributed by atoms with Gasteiger partial charge in [-0.1, -0.05) is 35.9 Å². The summed E-state index contributed by atoms with van der Waals surface area (Å²) in [5.41, 5.74) is 1.60. The Morgan fingerprint density at radius 3 is 2.43 bits per heavy atom. The molecule has 4 rings (SSSR count). The van der Waals surface area contributed by atoms with Crippen LogP contribution in [0.4, 0.5) is 20.6 Å². The van der Waals surface area contributed by atoms with Crippen molar-refractivity contribution >= 4 is 40.8 Å². The molecule has 1 saturated heterocycles. The lowest BCUT2D eigenvalue weighted by atomic mass is 9.99. The SMILES string of the molecule is O=C(Nc1ccccc1)Nc1ccc(CC(=O)C2(F)CCCN2COc2ccc(C(=O)O)cc2)cc1Cl. The van der Waals surface area contributed by atoms with E-state index in [-0.39, 0.29) is 30.2 Å². The second-order valence-corrected chi connectivity index (χ2v) is 9.00. The van der Waals surface area contributed by atoms with Crippen LogP contribution in [0, 0.1) is 0 Å². The minimum absolute atomic E-state index is 0.0418. The Hall–Kier alpha value is -3.95. The zero-order valence-corrected chi connectivity index (χ0v) is 20.5. The number of ketones is 1. The first-order valence-electron chi connectivity index (χ1n) is 11.6. The average molecular weight is 526 g/mol. The molecule has 1 fully saturated rings.